The van der Waals surface area contributed by atoms with E-state index in [4.69, 9.17) is 18.9 Å². The Kier molecular flexibility index (Phi) is 6.09. The van der Waals surface area contributed by atoms with Crippen LogP contribution in [0.15, 0.2) is 73.3 Å². The zero-order chi connectivity index (χ0) is 21.1. The van der Waals surface area contributed by atoms with E-state index < -0.39 is 23.1 Å². The maximum Gasteiger partial charge on any atom is 0.167 e. The lowest BCUT2D eigenvalue weighted by Gasteiger charge is -2.52. The normalized spacial score (nSPS) is 32.8. The Morgan fingerprint density at radius 3 is 2.20 bits per heavy atom. The minimum absolute atomic E-state index is 0.0589. The first-order valence-corrected chi connectivity index (χ1v) is 10.5. The molecule has 2 bridgehead atoms. The molecule has 0 radical (unpaired) electrons. The predicted octanol–water partition coefficient (Wildman–Crippen LogP) is 4.00. The van der Waals surface area contributed by atoms with Crippen molar-refractivity contribution in [1.29, 1.82) is 0 Å². The summed E-state index contributed by atoms with van der Waals surface area (Å²) in [6, 6.07) is 19.8. The van der Waals surface area contributed by atoms with E-state index >= 15 is 0 Å². The molecule has 2 heterocycles. The van der Waals surface area contributed by atoms with Crippen LogP contribution >= 0.6 is 0 Å². The van der Waals surface area contributed by atoms with Gasteiger partial charge < -0.3 is 24.1 Å². The first-order valence-electron chi connectivity index (χ1n) is 10.5. The summed E-state index contributed by atoms with van der Waals surface area (Å²) in [4.78, 5) is 0. The third-order valence-corrected chi connectivity index (χ3v) is 6.15. The van der Waals surface area contributed by atoms with Crippen LogP contribution in [0.25, 0.3) is 0 Å². The molecule has 2 aliphatic heterocycles. The van der Waals surface area contributed by atoms with E-state index in [2.05, 4.69) is 6.58 Å². The van der Waals surface area contributed by atoms with Gasteiger partial charge in [-0.05, 0) is 24.5 Å². The summed E-state index contributed by atoms with van der Waals surface area (Å²) in [6.45, 7) is 7.01. The smallest absolute Gasteiger partial charge is 0.167 e. The van der Waals surface area contributed by atoms with Gasteiger partial charge in [-0.3, -0.25) is 0 Å². The Morgan fingerprint density at radius 1 is 1.00 bits per heavy atom. The van der Waals surface area contributed by atoms with Crippen LogP contribution in [0.1, 0.15) is 30.9 Å². The molecule has 30 heavy (non-hydrogen) atoms. The van der Waals surface area contributed by atoms with Crippen molar-refractivity contribution in [3.8, 4) is 0 Å². The fourth-order valence-electron chi connectivity index (χ4n) is 4.42. The minimum atomic E-state index is -1.41. The van der Waals surface area contributed by atoms with Crippen molar-refractivity contribution >= 4 is 0 Å². The molecule has 2 fully saturated rings. The van der Waals surface area contributed by atoms with Crippen molar-refractivity contribution in [2.24, 2.45) is 0 Å². The monoisotopic (exact) mass is 410 g/mol. The second kappa shape index (κ2) is 8.61. The van der Waals surface area contributed by atoms with E-state index in [9.17, 15) is 5.11 Å². The van der Waals surface area contributed by atoms with E-state index in [1.54, 1.807) is 6.08 Å². The molecule has 4 rings (SSSR count). The molecule has 0 unspecified atom stereocenters. The topological polar surface area (TPSA) is 57.2 Å². The maximum absolute atomic E-state index is 11.8. The van der Waals surface area contributed by atoms with Crippen LogP contribution in [-0.4, -0.2) is 41.4 Å². The molecule has 4 atom stereocenters. The fraction of sp³-hybridized carbons (Fsp3) is 0.440. The lowest BCUT2D eigenvalue weighted by atomic mass is 9.77. The molecule has 5 heteroatoms. The number of hydrogen-bond donors (Lipinski definition) is 1. The van der Waals surface area contributed by atoms with Gasteiger partial charge in [-0.25, -0.2) is 0 Å². The first kappa shape index (κ1) is 21.2. The van der Waals surface area contributed by atoms with Crippen LogP contribution in [0.4, 0.5) is 0 Å². The Bertz CT molecular complexity index is 841. The van der Waals surface area contributed by atoms with E-state index in [1.807, 2.05) is 67.6 Å². The molecule has 2 aliphatic rings. The van der Waals surface area contributed by atoms with Crippen LogP contribution in [0.5, 0.6) is 0 Å². The van der Waals surface area contributed by atoms with Crippen LogP contribution in [0, 0.1) is 0 Å². The van der Waals surface area contributed by atoms with E-state index in [0.717, 1.165) is 11.1 Å². The lowest BCUT2D eigenvalue weighted by molar-refractivity contribution is -0.374. The molecule has 0 spiro atoms. The van der Waals surface area contributed by atoms with Crippen LogP contribution in [0.2, 0.25) is 0 Å². The third kappa shape index (κ3) is 4.09. The molecular formula is C25H30O5. The standard InChI is InChI=1S/C25H30O5/c1-3-24-15-14-23(2,30-24)29-22(18-27-16-20-10-6-4-7-11-20)25(24,26)19-28-17-21-12-8-5-9-13-21/h3-13,22,26H,1,14-19H2,2H3/t22-,23+,24-,25+/m0/s1. The average Bonchev–Trinajstić information content (AvgIpc) is 3.09. The van der Waals surface area contributed by atoms with Crippen molar-refractivity contribution in [3.63, 3.8) is 0 Å². The van der Waals surface area contributed by atoms with Gasteiger partial charge in [-0.15, -0.1) is 6.58 Å². The third-order valence-electron chi connectivity index (χ3n) is 6.15. The van der Waals surface area contributed by atoms with Crippen LogP contribution in [-0.2, 0) is 32.2 Å². The fourth-order valence-corrected chi connectivity index (χ4v) is 4.42. The van der Waals surface area contributed by atoms with Crippen molar-refractivity contribution in [2.45, 2.75) is 56.1 Å². The Morgan fingerprint density at radius 2 is 1.60 bits per heavy atom. The second-order valence-corrected chi connectivity index (χ2v) is 8.34. The molecule has 2 aromatic rings. The van der Waals surface area contributed by atoms with Crippen LogP contribution < -0.4 is 0 Å². The SMILES string of the molecule is C=C[C@]12CC[C@](C)(O[C@@H](COCc3ccccc3)[C@]1(O)COCc1ccccc1)O2. The van der Waals surface area contributed by atoms with Crippen molar-refractivity contribution in [3.05, 3.63) is 84.4 Å². The summed E-state index contributed by atoms with van der Waals surface area (Å²) in [5.41, 5.74) is -0.228. The highest BCUT2D eigenvalue weighted by Gasteiger charge is 2.66. The number of benzene rings is 2. The summed E-state index contributed by atoms with van der Waals surface area (Å²) >= 11 is 0. The summed E-state index contributed by atoms with van der Waals surface area (Å²) in [6.07, 6.45) is 2.40. The molecule has 0 aromatic heterocycles. The van der Waals surface area contributed by atoms with Gasteiger partial charge in [0.15, 0.2) is 5.79 Å². The highest BCUT2D eigenvalue weighted by molar-refractivity contribution is 5.21. The number of hydrogen-bond acceptors (Lipinski definition) is 5. The number of ether oxygens (including phenoxy) is 4. The van der Waals surface area contributed by atoms with Crippen LogP contribution in [0.3, 0.4) is 0 Å². The molecule has 2 aromatic carbocycles. The molecular weight excluding hydrogens is 380 g/mol. The van der Waals surface area contributed by atoms with Crippen molar-refractivity contribution in [2.75, 3.05) is 13.2 Å². The van der Waals surface area contributed by atoms with Gasteiger partial charge in [0, 0.05) is 6.42 Å². The molecule has 1 N–H and O–H groups in total. The molecule has 0 saturated carbocycles. The largest absolute Gasteiger partial charge is 0.381 e. The number of rotatable bonds is 9. The summed E-state index contributed by atoms with van der Waals surface area (Å²) < 4.78 is 24.3. The molecule has 0 aliphatic carbocycles. The quantitative estimate of drug-likeness (QED) is 0.633. The van der Waals surface area contributed by atoms with E-state index in [-0.39, 0.29) is 13.2 Å². The Hall–Kier alpha value is -2.02. The summed E-state index contributed by atoms with van der Waals surface area (Å²) in [5, 5.41) is 11.8. The Balaban J connectivity index is 1.48. The summed E-state index contributed by atoms with van der Waals surface area (Å²) in [7, 11) is 0. The lowest BCUT2D eigenvalue weighted by Crippen LogP contribution is -2.69. The van der Waals surface area contributed by atoms with Gasteiger partial charge in [-0.2, -0.15) is 0 Å². The number of aliphatic hydroxyl groups is 1. The molecule has 160 valence electrons. The average molecular weight is 411 g/mol. The van der Waals surface area contributed by atoms with Gasteiger partial charge in [-0.1, -0.05) is 66.7 Å². The van der Waals surface area contributed by atoms with Gasteiger partial charge in [0.2, 0.25) is 0 Å². The van der Waals surface area contributed by atoms with Gasteiger partial charge in [0.25, 0.3) is 0 Å². The van der Waals surface area contributed by atoms with E-state index in [1.165, 1.54) is 0 Å². The van der Waals surface area contributed by atoms with Crippen molar-refractivity contribution < 1.29 is 24.1 Å². The van der Waals surface area contributed by atoms with E-state index in [0.29, 0.717) is 26.1 Å². The second-order valence-electron chi connectivity index (χ2n) is 8.34. The Labute approximate surface area is 178 Å². The summed E-state index contributed by atoms with van der Waals surface area (Å²) in [5.74, 6) is -0.763. The highest BCUT2D eigenvalue weighted by Crippen LogP contribution is 2.52. The van der Waals surface area contributed by atoms with Gasteiger partial charge >= 0.3 is 0 Å². The zero-order valence-corrected chi connectivity index (χ0v) is 17.5. The molecule has 0 amide bonds. The predicted molar refractivity (Wildman–Crippen MR) is 114 cm³/mol. The van der Waals surface area contributed by atoms with Gasteiger partial charge in [0.1, 0.15) is 17.3 Å². The molecule has 2 saturated heterocycles. The first-order chi connectivity index (χ1) is 14.5. The van der Waals surface area contributed by atoms with Gasteiger partial charge in [0.05, 0.1) is 26.4 Å². The molecule has 5 nitrogen and oxygen atoms in total. The highest BCUT2D eigenvalue weighted by atomic mass is 16.7. The zero-order valence-electron chi connectivity index (χ0n) is 17.5. The number of fused-ring (bicyclic) bond motifs is 2. The maximum atomic E-state index is 11.8. The van der Waals surface area contributed by atoms with Crippen molar-refractivity contribution in [1.82, 2.24) is 0 Å². The minimum Gasteiger partial charge on any atom is -0.381 e.